The van der Waals surface area contributed by atoms with Crippen molar-refractivity contribution in [2.45, 2.75) is 45.3 Å². The first kappa shape index (κ1) is 14.3. The number of hydrogen-bond donors (Lipinski definition) is 1. The lowest BCUT2D eigenvalue weighted by atomic mass is 9.94. The normalized spacial score (nSPS) is 38.4. The summed E-state index contributed by atoms with van der Waals surface area (Å²) in [7, 11) is 1.78. The lowest BCUT2D eigenvalue weighted by Gasteiger charge is -2.30. The molecule has 1 aliphatic heterocycles. The Balaban J connectivity index is 2.07. The Morgan fingerprint density at radius 2 is 1.84 bits per heavy atom. The van der Waals surface area contributed by atoms with Gasteiger partial charge in [0, 0.05) is 13.7 Å². The summed E-state index contributed by atoms with van der Waals surface area (Å²) >= 11 is 0. The van der Waals surface area contributed by atoms with Crippen molar-refractivity contribution in [1.29, 1.82) is 0 Å². The molecule has 1 amide bonds. The summed E-state index contributed by atoms with van der Waals surface area (Å²) in [5.74, 6) is -1.46. The predicted molar refractivity (Wildman–Crippen MR) is 69.6 cm³/mol. The molecule has 0 aromatic rings. The monoisotopic (exact) mass is 269 g/mol. The fourth-order valence-electron chi connectivity index (χ4n) is 3.49. The Hall–Kier alpha value is -1.10. The molecule has 5 heteroatoms. The SMILES string of the molecule is CC1CC(C(=O)O)C(C(=O)N(C)C2CCOC2C)C1. The van der Waals surface area contributed by atoms with Crippen molar-refractivity contribution >= 4 is 11.9 Å². The van der Waals surface area contributed by atoms with E-state index in [9.17, 15) is 14.7 Å². The van der Waals surface area contributed by atoms with E-state index in [-0.39, 0.29) is 24.0 Å². The summed E-state index contributed by atoms with van der Waals surface area (Å²) in [6.07, 6.45) is 2.16. The highest BCUT2D eigenvalue weighted by Crippen LogP contribution is 2.38. The highest BCUT2D eigenvalue weighted by atomic mass is 16.5. The highest BCUT2D eigenvalue weighted by Gasteiger charge is 2.44. The van der Waals surface area contributed by atoms with E-state index in [4.69, 9.17) is 4.74 Å². The van der Waals surface area contributed by atoms with Crippen molar-refractivity contribution in [2.75, 3.05) is 13.7 Å². The lowest BCUT2D eigenvalue weighted by Crippen LogP contribution is -2.45. The van der Waals surface area contributed by atoms with Crippen LogP contribution in [0.5, 0.6) is 0 Å². The van der Waals surface area contributed by atoms with Crippen LogP contribution in [0.3, 0.4) is 0 Å². The van der Waals surface area contributed by atoms with E-state index in [2.05, 4.69) is 0 Å². The van der Waals surface area contributed by atoms with E-state index in [1.54, 1.807) is 11.9 Å². The van der Waals surface area contributed by atoms with Gasteiger partial charge in [-0.25, -0.2) is 0 Å². The number of likely N-dealkylation sites (N-methyl/N-ethyl adjacent to an activating group) is 1. The number of nitrogens with zero attached hydrogens (tertiary/aromatic N) is 1. The van der Waals surface area contributed by atoms with Crippen molar-refractivity contribution in [3.05, 3.63) is 0 Å². The molecule has 2 aliphatic rings. The molecule has 1 saturated heterocycles. The van der Waals surface area contributed by atoms with E-state index in [0.717, 1.165) is 6.42 Å². The van der Waals surface area contributed by atoms with Crippen LogP contribution >= 0.6 is 0 Å². The van der Waals surface area contributed by atoms with Crippen LogP contribution in [-0.4, -0.2) is 47.7 Å². The average molecular weight is 269 g/mol. The van der Waals surface area contributed by atoms with Gasteiger partial charge in [-0.2, -0.15) is 0 Å². The van der Waals surface area contributed by atoms with Gasteiger partial charge in [0.2, 0.25) is 5.91 Å². The second-order valence-corrected chi connectivity index (χ2v) is 6.01. The van der Waals surface area contributed by atoms with Gasteiger partial charge in [-0.3, -0.25) is 9.59 Å². The molecule has 1 saturated carbocycles. The third-order valence-corrected chi connectivity index (χ3v) is 4.61. The molecule has 5 nitrogen and oxygen atoms in total. The first-order valence-electron chi connectivity index (χ1n) is 7.03. The van der Waals surface area contributed by atoms with Gasteiger partial charge in [-0.05, 0) is 32.1 Å². The zero-order chi connectivity index (χ0) is 14.2. The molecular formula is C14H23NO4. The van der Waals surface area contributed by atoms with Crippen molar-refractivity contribution in [2.24, 2.45) is 17.8 Å². The Kier molecular flexibility index (Phi) is 4.13. The minimum atomic E-state index is -0.841. The number of aliphatic carboxylic acids is 1. The minimum absolute atomic E-state index is 0.0286. The topological polar surface area (TPSA) is 66.8 Å². The second-order valence-electron chi connectivity index (χ2n) is 6.01. The van der Waals surface area contributed by atoms with Crippen molar-refractivity contribution in [1.82, 2.24) is 4.90 Å². The molecular weight excluding hydrogens is 246 g/mol. The Morgan fingerprint density at radius 1 is 1.21 bits per heavy atom. The third-order valence-electron chi connectivity index (χ3n) is 4.61. The van der Waals surface area contributed by atoms with Crippen LogP contribution in [0.4, 0.5) is 0 Å². The van der Waals surface area contributed by atoms with Crippen LogP contribution in [0.15, 0.2) is 0 Å². The van der Waals surface area contributed by atoms with Gasteiger partial charge in [0.15, 0.2) is 0 Å². The van der Waals surface area contributed by atoms with Crippen LogP contribution < -0.4 is 0 Å². The molecule has 19 heavy (non-hydrogen) atoms. The molecule has 0 aromatic carbocycles. The Labute approximate surface area is 113 Å². The summed E-state index contributed by atoms with van der Waals surface area (Å²) < 4.78 is 5.48. The quantitative estimate of drug-likeness (QED) is 0.840. The average Bonchev–Trinajstić information content (AvgIpc) is 2.93. The maximum atomic E-state index is 12.5. The van der Waals surface area contributed by atoms with Gasteiger partial charge in [0.1, 0.15) is 0 Å². The summed E-state index contributed by atoms with van der Waals surface area (Å²) in [6, 6.07) is 0.0813. The molecule has 2 fully saturated rings. The number of ether oxygens (including phenoxy) is 1. The molecule has 1 heterocycles. The maximum absolute atomic E-state index is 12.5. The molecule has 2 rings (SSSR count). The number of carbonyl (C=O) groups excluding carboxylic acids is 1. The van der Waals surface area contributed by atoms with Gasteiger partial charge >= 0.3 is 5.97 Å². The Bertz CT molecular complexity index is 370. The van der Waals surface area contributed by atoms with E-state index >= 15 is 0 Å². The lowest BCUT2D eigenvalue weighted by molar-refractivity contribution is -0.149. The summed E-state index contributed by atoms with van der Waals surface area (Å²) in [5, 5.41) is 9.25. The molecule has 0 spiro atoms. The van der Waals surface area contributed by atoms with Gasteiger partial charge in [-0.15, -0.1) is 0 Å². The van der Waals surface area contributed by atoms with Crippen LogP contribution in [-0.2, 0) is 14.3 Å². The second kappa shape index (κ2) is 5.49. The number of carboxylic acids is 1. The number of carboxylic acid groups (broad SMARTS) is 1. The van der Waals surface area contributed by atoms with Gasteiger partial charge in [0.25, 0.3) is 0 Å². The fourth-order valence-corrected chi connectivity index (χ4v) is 3.49. The standard InChI is InChI=1S/C14H23NO4/c1-8-6-10(11(7-8)14(17)18)13(16)15(3)12-4-5-19-9(12)2/h8-12H,4-7H2,1-3H3,(H,17,18). The van der Waals surface area contributed by atoms with Crippen LogP contribution in [0.25, 0.3) is 0 Å². The number of rotatable bonds is 3. The molecule has 5 unspecified atom stereocenters. The predicted octanol–water partition coefficient (Wildman–Crippen LogP) is 1.37. The fraction of sp³-hybridized carbons (Fsp3) is 0.857. The largest absolute Gasteiger partial charge is 0.481 e. The van der Waals surface area contributed by atoms with Crippen molar-refractivity contribution in [3.8, 4) is 0 Å². The van der Waals surface area contributed by atoms with E-state index < -0.39 is 11.9 Å². The van der Waals surface area contributed by atoms with Crippen LogP contribution in [0.1, 0.15) is 33.1 Å². The molecule has 0 radical (unpaired) electrons. The van der Waals surface area contributed by atoms with Crippen LogP contribution in [0.2, 0.25) is 0 Å². The van der Waals surface area contributed by atoms with Gasteiger partial charge in [-0.1, -0.05) is 6.92 Å². The smallest absolute Gasteiger partial charge is 0.307 e. The first-order chi connectivity index (χ1) is 8.91. The molecule has 1 N–H and O–H groups in total. The number of hydrogen-bond acceptors (Lipinski definition) is 3. The van der Waals surface area contributed by atoms with Gasteiger partial charge in [0.05, 0.1) is 24.0 Å². The van der Waals surface area contributed by atoms with Crippen molar-refractivity contribution < 1.29 is 19.4 Å². The van der Waals surface area contributed by atoms with Gasteiger partial charge < -0.3 is 14.7 Å². The zero-order valence-corrected chi connectivity index (χ0v) is 11.8. The highest BCUT2D eigenvalue weighted by molar-refractivity contribution is 5.85. The molecule has 5 atom stereocenters. The molecule has 1 aliphatic carbocycles. The number of carbonyl (C=O) groups is 2. The summed E-state index contributed by atoms with van der Waals surface area (Å²) in [4.78, 5) is 25.5. The third kappa shape index (κ3) is 2.76. The van der Waals surface area contributed by atoms with E-state index in [0.29, 0.717) is 25.4 Å². The zero-order valence-electron chi connectivity index (χ0n) is 11.8. The first-order valence-corrected chi connectivity index (χ1v) is 7.03. The minimum Gasteiger partial charge on any atom is -0.481 e. The molecule has 0 aromatic heterocycles. The van der Waals surface area contributed by atoms with E-state index in [1.807, 2.05) is 13.8 Å². The van der Waals surface area contributed by atoms with E-state index in [1.165, 1.54) is 0 Å². The maximum Gasteiger partial charge on any atom is 0.307 e. The Morgan fingerprint density at radius 3 is 2.37 bits per heavy atom. The molecule has 0 bridgehead atoms. The van der Waals surface area contributed by atoms with Crippen molar-refractivity contribution in [3.63, 3.8) is 0 Å². The summed E-state index contributed by atoms with van der Waals surface area (Å²) in [6.45, 7) is 4.66. The number of amides is 1. The van der Waals surface area contributed by atoms with Crippen LogP contribution in [0, 0.1) is 17.8 Å². The summed E-state index contributed by atoms with van der Waals surface area (Å²) in [5.41, 5.74) is 0. The molecule has 108 valence electrons.